The van der Waals surface area contributed by atoms with Gasteiger partial charge in [0, 0.05) is 43.7 Å². The molecule has 192 valence electrons. The van der Waals surface area contributed by atoms with E-state index in [-0.39, 0.29) is 0 Å². The number of rotatable bonds is 4. The second-order valence-corrected chi connectivity index (χ2v) is 10.8. The monoisotopic (exact) mass is 543 g/mol. The standard InChI is InChI=1S/C35H21N5S/c1-3-10-23(11-4-1)32-38-33(24-12-5-2-6-13-24)40-34(39-32)25-15-16-27-28-17-18-29(37-35(28)41-30(27)21-25)31-26-14-8-7-9-22(26)19-20-36-31/h1-21H. The molecule has 0 aliphatic carbocycles. The molecule has 0 unspecified atom stereocenters. The van der Waals surface area contributed by atoms with Crippen molar-refractivity contribution in [1.29, 1.82) is 0 Å². The lowest BCUT2D eigenvalue weighted by Crippen LogP contribution is -1.99. The van der Waals surface area contributed by atoms with Gasteiger partial charge >= 0.3 is 0 Å². The van der Waals surface area contributed by atoms with Crippen LogP contribution in [0.1, 0.15) is 0 Å². The van der Waals surface area contributed by atoms with Gasteiger partial charge in [0.1, 0.15) is 4.83 Å². The molecule has 4 aromatic heterocycles. The minimum atomic E-state index is 0.644. The summed E-state index contributed by atoms with van der Waals surface area (Å²) in [6.07, 6.45) is 1.85. The smallest absolute Gasteiger partial charge is 0.164 e. The number of fused-ring (bicyclic) bond motifs is 4. The van der Waals surface area contributed by atoms with Crippen LogP contribution in [-0.4, -0.2) is 24.9 Å². The third kappa shape index (κ3) is 4.22. The summed E-state index contributed by atoms with van der Waals surface area (Å²) >= 11 is 1.68. The van der Waals surface area contributed by atoms with Gasteiger partial charge in [0.2, 0.25) is 0 Å². The van der Waals surface area contributed by atoms with Crippen molar-refractivity contribution in [3.8, 4) is 45.6 Å². The lowest BCUT2D eigenvalue weighted by molar-refractivity contribution is 1.07. The van der Waals surface area contributed by atoms with E-state index in [2.05, 4.69) is 47.4 Å². The fourth-order valence-corrected chi connectivity index (χ4v) is 6.30. The number of aromatic nitrogens is 5. The van der Waals surface area contributed by atoms with Crippen molar-refractivity contribution >= 4 is 42.4 Å². The third-order valence-electron chi connectivity index (χ3n) is 7.21. The Morgan fingerprint density at radius 1 is 0.463 bits per heavy atom. The van der Waals surface area contributed by atoms with Crippen molar-refractivity contribution in [2.24, 2.45) is 0 Å². The average molecular weight is 544 g/mol. The molecule has 0 aliphatic rings. The first-order valence-electron chi connectivity index (χ1n) is 13.3. The second-order valence-electron chi connectivity index (χ2n) is 9.78. The van der Waals surface area contributed by atoms with Gasteiger partial charge in [-0.3, -0.25) is 4.98 Å². The Labute approximate surface area is 239 Å². The van der Waals surface area contributed by atoms with Crippen molar-refractivity contribution in [3.05, 3.63) is 128 Å². The molecule has 4 aromatic carbocycles. The zero-order valence-electron chi connectivity index (χ0n) is 21.8. The summed E-state index contributed by atoms with van der Waals surface area (Å²) in [4.78, 5) is 25.3. The molecule has 0 saturated carbocycles. The predicted molar refractivity (Wildman–Crippen MR) is 168 cm³/mol. The van der Waals surface area contributed by atoms with Crippen LogP contribution < -0.4 is 0 Å². The molecule has 0 radical (unpaired) electrons. The van der Waals surface area contributed by atoms with Crippen molar-refractivity contribution in [2.45, 2.75) is 0 Å². The number of hydrogen-bond donors (Lipinski definition) is 0. The van der Waals surface area contributed by atoms with Gasteiger partial charge in [-0.25, -0.2) is 19.9 Å². The number of hydrogen-bond acceptors (Lipinski definition) is 6. The van der Waals surface area contributed by atoms with Gasteiger partial charge in [-0.15, -0.1) is 11.3 Å². The Balaban J connectivity index is 1.26. The molecule has 0 aliphatic heterocycles. The topological polar surface area (TPSA) is 64.5 Å². The summed E-state index contributed by atoms with van der Waals surface area (Å²) in [5.74, 6) is 1.95. The summed E-state index contributed by atoms with van der Waals surface area (Å²) in [5.41, 5.74) is 4.62. The van der Waals surface area contributed by atoms with Crippen LogP contribution in [-0.2, 0) is 0 Å². The molecule has 0 saturated heterocycles. The zero-order valence-corrected chi connectivity index (χ0v) is 22.6. The van der Waals surface area contributed by atoms with E-state index in [9.17, 15) is 0 Å². The lowest BCUT2D eigenvalue weighted by Gasteiger charge is -2.08. The molecule has 6 heteroatoms. The highest BCUT2D eigenvalue weighted by Gasteiger charge is 2.15. The van der Waals surface area contributed by atoms with Crippen molar-refractivity contribution < 1.29 is 0 Å². The van der Waals surface area contributed by atoms with Crippen LogP contribution in [0.15, 0.2) is 128 Å². The Hall–Kier alpha value is -5.33. The highest BCUT2D eigenvalue weighted by molar-refractivity contribution is 7.25. The third-order valence-corrected chi connectivity index (χ3v) is 8.27. The van der Waals surface area contributed by atoms with Crippen molar-refractivity contribution in [1.82, 2.24) is 24.9 Å². The maximum absolute atomic E-state index is 5.06. The summed E-state index contributed by atoms with van der Waals surface area (Å²) < 4.78 is 1.14. The van der Waals surface area contributed by atoms with Gasteiger partial charge < -0.3 is 0 Å². The number of thiophene rings is 1. The Morgan fingerprint density at radius 3 is 1.83 bits per heavy atom. The molecule has 0 spiro atoms. The maximum atomic E-state index is 5.06. The maximum Gasteiger partial charge on any atom is 0.164 e. The van der Waals surface area contributed by atoms with Crippen LogP contribution >= 0.6 is 11.3 Å². The van der Waals surface area contributed by atoms with E-state index in [4.69, 9.17) is 19.9 Å². The first-order chi connectivity index (χ1) is 20.3. The predicted octanol–water partition coefficient (Wildman–Crippen LogP) is 8.85. The molecule has 8 rings (SSSR count). The van der Waals surface area contributed by atoms with Gasteiger partial charge in [-0.05, 0) is 29.7 Å². The van der Waals surface area contributed by atoms with Gasteiger partial charge in [0.15, 0.2) is 17.5 Å². The van der Waals surface area contributed by atoms with Crippen LogP contribution in [0.4, 0.5) is 0 Å². The van der Waals surface area contributed by atoms with E-state index in [1.165, 1.54) is 5.39 Å². The summed E-state index contributed by atoms with van der Waals surface area (Å²) in [5, 5.41) is 4.55. The molecule has 0 N–H and O–H groups in total. The van der Waals surface area contributed by atoms with Crippen LogP contribution in [0, 0.1) is 0 Å². The molecular formula is C35H21N5S. The number of benzene rings is 4. The highest BCUT2D eigenvalue weighted by atomic mass is 32.1. The fraction of sp³-hybridized carbons (Fsp3) is 0. The Kier molecular flexibility index (Phi) is 5.57. The van der Waals surface area contributed by atoms with Crippen LogP contribution in [0.3, 0.4) is 0 Å². The SMILES string of the molecule is c1ccc(-c2nc(-c3ccccc3)nc(-c3ccc4c(c3)sc3nc(-c5nccc6ccccc56)ccc34)n2)cc1. The van der Waals surface area contributed by atoms with E-state index in [1.54, 1.807) is 11.3 Å². The number of nitrogens with zero attached hydrogens (tertiary/aromatic N) is 5. The zero-order chi connectivity index (χ0) is 27.2. The number of pyridine rings is 2. The minimum Gasteiger partial charge on any atom is -0.254 e. The first-order valence-corrected chi connectivity index (χ1v) is 14.2. The summed E-state index contributed by atoms with van der Waals surface area (Å²) in [6, 6.07) is 41.0. The Bertz CT molecular complexity index is 2150. The molecule has 5 nitrogen and oxygen atoms in total. The first kappa shape index (κ1) is 23.5. The minimum absolute atomic E-state index is 0.644. The van der Waals surface area contributed by atoms with Crippen LogP contribution in [0.25, 0.3) is 76.6 Å². The second kappa shape index (κ2) is 9.70. The van der Waals surface area contributed by atoms with Gasteiger partial charge in [0.25, 0.3) is 0 Å². The van der Waals surface area contributed by atoms with E-state index in [0.717, 1.165) is 53.8 Å². The van der Waals surface area contributed by atoms with Crippen molar-refractivity contribution in [3.63, 3.8) is 0 Å². The average Bonchev–Trinajstić information content (AvgIpc) is 3.42. The molecule has 0 atom stereocenters. The molecule has 4 heterocycles. The fourth-order valence-electron chi connectivity index (χ4n) is 5.19. The lowest BCUT2D eigenvalue weighted by atomic mass is 10.1. The van der Waals surface area contributed by atoms with E-state index >= 15 is 0 Å². The van der Waals surface area contributed by atoms with Crippen molar-refractivity contribution in [2.75, 3.05) is 0 Å². The van der Waals surface area contributed by atoms with Crippen LogP contribution in [0.2, 0.25) is 0 Å². The summed E-state index contributed by atoms with van der Waals surface area (Å²) in [6.45, 7) is 0. The van der Waals surface area contributed by atoms with Gasteiger partial charge in [0.05, 0.1) is 11.4 Å². The largest absolute Gasteiger partial charge is 0.254 e. The van der Waals surface area contributed by atoms with E-state index in [0.29, 0.717) is 17.5 Å². The highest BCUT2D eigenvalue weighted by Crippen LogP contribution is 2.37. The summed E-state index contributed by atoms with van der Waals surface area (Å²) in [7, 11) is 0. The molecule has 41 heavy (non-hydrogen) atoms. The van der Waals surface area contributed by atoms with E-state index in [1.807, 2.05) is 85.1 Å². The normalized spacial score (nSPS) is 11.4. The van der Waals surface area contributed by atoms with Crippen LogP contribution in [0.5, 0.6) is 0 Å². The van der Waals surface area contributed by atoms with Gasteiger partial charge in [-0.2, -0.15) is 0 Å². The molecular weight excluding hydrogens is 522 g/mol. The van der Waals surface area contributed by atoms with E-state index < -0.39 is 0 Å². The quantitative estimate of drug-likeness (QED) is 0.222. The molecule has 0 amide bonds. The van der Waals surface area contributed by atoms with Gasteiger partial charge in [-0.1, -0.05) is 97.1 Å². The molecule has 8 aromatic rings. The Morgan fingerprint density at radius 2 is 1.10 bits per heavy atom. The molecule has 0 bridgehead atoms. The molecule has 0 fully saturated rings.